The van der Waals surface area contributed by atoms with Gasteiger partial charge in [-0.15, -0.1) is 0 Å². The lowest BCUT2D eigenvalue weighted by atomic mass is 10.1. The van der Waals surface area contributed by atoms with Gasteiger partial charge in [-0.05, 0) is 61.7 Å². The Balaban J connectivity index is 1.29. The smallest absolute Gasteiger partial charge is 0.253 e. The predicted molar refractivity (Wildman–Crippen MR) is 139 cm³/mol. The van der Waals surface area contributed by atoms with Crippen molar-refractivity contribution in [2.24, 2.45) is 5.92 Å². The average molecular weight is 477 g/mol. The molecule has 2 aliphatic heterocycles. The quantitative estimate of drug-likeness (QED) is 0.659. The molecule has 7 nitrogen and oxygen atoms in total. The zero-order valence-corrected chi connectivity index (χ0v) is 21.0. The molecule has 2 fully saturated rings. The number of carbonyl (C=O) groups is 3. The third kappa shape index (κ3) is 5.66. The molecule has 7 heteroatoms. The Morgan fingerprint density at radius 2 is 1.71 bits per heavy atom. The summed E-state index contributed by atoms with van der Waals surface area (Å²) in [4.78, 5) is 43.9. The fourth-order valence-corrected chi connectivity index (χ4v) is 4.86. The van der Waals surface area contributed by atoms with Crippen molar-refractivity contribution in [3.05, 3.63) is 59.2 Å². The number of benzene rings is 2. The van der Waals surface area contributed by atoms with Crippen LogP contribution in [0.1, 0.15) is 47.7 Å². The number of unbranched alkanes of at least 4 members (excludes halogenated alkanes) is 1. The van der Waals surface area contributed by atoms with E-state index < -0.39 is 0 Å². The summed E-state index contributed by atoms with van der Waals surface area (Å²) in [6.07, 6.45) is 2.24. The first kappa shape index (κ1) is 24.8. The summed E-state index contributed by atoms with van der Waals surface area (Å²) < 4.78 is 0. The van der Waals surface area contributed by atoms with Crippen LogP contribution in [0.4, 0.5) is 11.4 Å². The van der Waals surface area contributed by atoms with Crippen molar-refractivity contribution in [3.8, 4) is 0 Å². The Bertz CT molecular complexity index is 1070. The second-order valence-electron chi connectivity index (χ2n) is 9.66. The van der Waals surface area contributed by atoms with E-state index in [-0.39, 0.29) is 30.1 Å². The van der Waals surface area contributed by atoms with Crippen LogP contribution in [0.25, 0.3) is 0 Å². The first-order chi connectivity index (χ1) is 16.9. The minimum absolute atomic E-state index is 0.0106. The van der Waals surface area contributed by atoms with Crippen molar-refractivity contribution < 1.29 is 14.4 Å². The standard InChI is InChI=1S/C28H36N4O3/c1-4-5-13-32-19-23(18-26(32)33)27(34)29-24-11-9-22(10-12-24)28(35)31-16-14-30(15-17-31)25-8-6-7-20(2)21(25)3/h6-12,23H,4-5,13-19H2,1-3H3,(H,29,34). The van der Waals surface area contributed by atoms with E-state index in [4.69, 9.17) is 0 Å². The highest BCUT2D eigenvalue weighted by Gasteiger charge is 2.34. The summed E-state index contributed by atoms with van der Waals surface area (Å²) in [5.74, 6) is -0.401. The lowest BCUT2D eigenvalue weighted by molar-refractivity contribution is -0.128. The topological polar surface area (TPSA) is 73.0 Å². The lowest BCUT2D eigenvalue weighted by Crippen LogP contribution is -2.49. The molecule has 1 unspecified atom stereocenters. The Labute approximate surface area is 208 Å². The van der Waals surface area contributed by atoms with Gasteiger partial charge in [-0.25, -0.2) is 0 Å². The summed E-state index contributed by atoms with van der Waals surface area (Å²) >= 11 is 0. The maximum Gasteiger partial charge on any atom is 0.253 e. The molecule has 2 aliphatic rings. The van der Waals surface area contributed by atoms with E-state index in [1.165, 1.54) is 16.8 Å². The molecule has 0 aromatic heterocycles. The Hall–Kier alpha value is -3.35. The van der Waals surface area contributed by atoms with Gasteiger partial charge in [0, 0.05) is 62.6 Å². The monoisotopic (exact) mass is 476 g/mol. The molecule has 0 radical (unpaired) electrons. The van der Waals surface area contributed by atoms with Gasteiger partial charge in [-0.3, -0.25) is 14.4 Å². The second-order valence-corrected chi connectivity index (χ2v) is 9.66. The molecule has 4 rings (SSSR count). The molecular weight excluding hydrogens is 440 g/mol. The molecule has 2 aromatic carbocycles. The van der Waals surface area contributed by atoms with Crippen molar-refractivity contribution in [1.29, 1.82) is 0 Å². The van der Waals surface area contributed by atoms with Crippen LogP contribution in [0.15, 0.2) is 42.5 Å². The third-order valence-electron chi connectivity index (χ3n) is 7.25. The third-order valence-corrected chi connectivity index (χ3v) is 7.25. The van der Waals surface area contributed by atoms with E-state index in [2.05, 4.69) is 49.2 Å². The number of piperazine rings is 1. The Morgan fingerprint density at radius 3 is 2.40 bits per heavy atom. The van der Waals surface area contributed by atoms with Crippen molar-refractivity contribution in [3.63, 3.8) is 0 Å². The van der Waals surface area contributed by atoms with Gasteiger partial charge >= 0.3 is 0 Å². The summed E-state index contributed by atoms with van der Waals surface area (Å²) in [6.45, 7) is 10.5. The van der Waals surface area contributed by atoms with Gasteiger partial charge in [0.25, 0.3) is 5.91 Å². The summed E-state index contributed by atoms with van der Waals surface area (Å²) in [6, 6.07) is 13.4. The van der Waals surface area contributed by atoms with Crippen LogP contribution in [-0.2, 0) is 9.59 Å². The van der Waals surface area contributed by atoms with Gasteiger partial charge < -0.3 is 20.0 Å². The first-order valence-corrected chi connectivity index (χ1v) is 12.7. The van der Waals surface area contributed by atoms with E-state index in [0.717, 1.165) is 32.5 Å². The molecule has 186 valence electrons. The number of hydrogen-bond donors (Lipinski definition) is 1. The van der Waals surface area contributed by atoms with E-state index in [1.54, 1.807) is 29.2 Å². The number of aryl methyl sites for hydroxylation is 1. The highest BCUT2D eigenvalue weighted by molar-refractivity contribution is 5.98. The first-order valence-electron chi connectivity index (χ1n) is 12.7. The predicted octanol–water partition coefficient (Wildman–Crippen LogP) is 3.85. The average Bonchev–Trinajstić information content (AvgIpc) is 3.25. The van der Waals surface area contributed by atoms with Gasteiger partial charge in [-0.1, -0.05) is 25.5 Å². The number of nitrogens with one attached hydrogen (secondary N) is 1. The molecule has 1 N–H and O–H groups in total. The maximum absolute atomic E-state index is 13.0. The normalized spacial score (nSPS) is 18.2. The molecule has 3 amide bonds. The summed E-state index contributed by atoms with van der Waals surface area (Å²) in [5.41, 5.74) is 5.08. The van der Waals surface area contributed by atoms with Crippen LogP contribution in [0.2, 0.25) is 0 Å². The van der Waals surface area contributed by atoms with Crippen molar-refractivity contribution in [1.82, 2.24) is 9.80 Å². The molecule has 1 atom stereocenters. The second kappa shape index (κ2) is 10.9. The number of anilines is 2. The van der Waals surface area contributed by atoms with Gasteiger partial charge in [0.15, 0.2) is 0 Å². The van der Waals surface area contributed by atoms with E-state index in [9.17, 15) is 14.4 Å². The number of rotatable bonds is 7. The highest BCUT2D eigenvalue weighted by Crippen LogP contribution is 2.25. The van der Waals surface area contributed by atoms with Gasteiger partial charge in [0.1, 0.15) is 0 Å². The van der Waals surface area contributed by atoms with Crippen LogP contribution < -0.4 is 10.2 Å². The SMILES string of the molecule is CCCCN1CC(C(=O)Nc2ccc(C(=O)N3CCN(c4cccc(C)c4C)CC3)cc2)CC1=O. The van der Waals surface area contributed by atoms with E-state index in [0.29, 0.717) is 30.9 Å². The van der Waals surface area contributed by atoms with Crippen molar-refractivity contribution >= 4 is 29.1 Å². The molecule has 0 bridgehead atoms. The lowest BCUT2D eigenvalue weighted by Gasteiger charge is -2.37. The Morgan fingerprint density at radius 1 is 1.00 bits per heavy atom. The fourth-order valence-electron chi connectivity index (χ4n) is 4.86. The highest BCUT2D eigenvalue weighted by atomic mass is 16.2. The zero-order chi connectivity index (χ0) is 24.9. The van der Waals surface area contributed by atoms with Crippen LogP contribution in [0.5, 0.6) is 0 Å². The molecule has 2 saturated heterocycles. The van der Waals surface area contributed by atoms with Crippen LogP contribution in [0, 0.1) is 19.8 Å². The van der Waals surface area contributed by atoms with Crippen molar-refractivity contribution in [2.45, 2.75) is 40.0 Å². The summed E-state index contributed by atoms with van der Waals surface area (Å²) in [7, 11) is 0. The Kier molecular flexibility index (Phi) is 7.73. The number of likely N-dealkylation sites (tertiary alicyclic amines) is 1. The fraction of sp³-hybridized carbons (Fsp3) is 0.464. The minimum Gasteiger partial charge on any atom is -0.368 e. The number of hydrogen-bond acceptors (Lipinski definition) is 4. The molecular formula is C28H36N4O3. The van der Waals surface area contributed by atoms with Crippen LogP contribution in [0.3, 0.4) is 0 Å². The molecule has 2 aromatic rings. The van der Waals surface area contributed by atoms with E-state index in [1.807, 2.05) is 4.90 Å². The van der Waals surface area contributed by atoms with E-state index >= 15 is 0 Å². The van der Waals surface area contributed by atoms with Crippen LogP contribution in [-0.4, -0.2) is 66.8 Å². The molecule has 0 spiro atoms. The van der Waals surface area contributed by atoms with Crippen LogP contribution >= 0.6 is 0 Å². The minimum atomic E-state index is -0.325. The molecule has 2 heterocycles. The molecule has 35 heavy (non-hydrogen) atoms. The number of amides is 3. The molecule has 0 aliphatic carbocycles. The molecule has 0 saturated carbocycles. The van der Waals surface area contributed by atoms with Gasteiger partial charge in [0.2, 0.25) is 11.8 Å². The number of carbonyl (C=O) groups excluding carboxylic acids is 3. The zero-order valence-electron chi connectivity index (χ0n) is 21.0. The van der Waals surface area contributed by atoms with Gasteiger partial charge in [0.05, 0.1) is 5.92 Å². The largest absolute Gasteiger partial charge is 0.368 e. The maximum atomic E-state index is 13.0. The summed E-state index contributed by atoms with van der Waals surface area (Å²) in [5, 5.41) is 2.91. The number of nitrogens with zero attached hydrogens (tertiary/aromatic N) is 3. The van der Waals surface area contributed by atoms with Crippen molar-refractivity contribution in [2.75, 3.05) is 49.5 Å². The van der Waals surface area contributed by atoms with Gasteiger partial charge in [-0.2, -0.15) is 0 Å².